The summed E-state index contributed by atoms with van der Waals surface area (Å²) in [5.74, 6) is 0. The molecule has 1 rings (SSSR count). The third-order valence-electron chi connectivity index (χ3n) is 2.91. The van der Waals surface area contributed by atoms with Crippen LogP contribution in [0.1, 0.15) is 41.0 Å². The minimum Gasteiger partial charge on any atom is -0.370 e. The van der Waals surface area contributed by atoms with E-state index in [0.717, 1.165) is 26.2 Å². The summed E-state index contributed by atoms with van der Waals surface area (Å²) >= 11 is 0. The normalized spacial score (nSPS) is 27.9. The van der Waals surface area contributed by atoms with Gasteiger partial charge in [0, 0.05) is 25.7 Å². The molecule has 0 aromatic carbocycles. The van der Waals surface area contributed by atoms with Crippen molar-refractivity contribution < 1.29 is 4.74 Å². The Morgan fingerprint density at radius 1 is 1.50 bits per heavy atom. The molecular formula is C13H28N2O. The molecule has 96 valence electrons. The molecular weight excluding hydrogens is 200 g/mol. The molecule has 1 saturated heterocycles. The Morgan fingerprint density at radius 3 is 2.75 bits per heavy atom. The molecule has 0 radical (unpaired) electrons. The zero-order chi connectivity index (χ0) is 12.2. The molecule has 1 aliphatic rings. The van der Waals surface area contributed by atoms with Gasteiger partial charge < -0.3 is 10.1 Å². The zero-order valence-corrected chi connectivity index (χ0v) is 11.5. The van der Waals surface area contributed by atoms with Crippen molar-refractivity contribution in [2.75, 3.05) is 26.2 Å². The minimum absolute atomic E-state index is 0.00213. The van der Waals surface area contributed by atoms with Gasteiger partial charge in [-0.2, -0.15) is 0 Å². The van der Waals surface area contributed by atoms with Crippen molar-refractivity contribution in [1.29, 1.82) is 0 Å². The Hall–Kier alpha value is -0.120. The van der Waals surface area contributed by atoms with Crippen LogP contribution < -0.4 is 5.32 Å². The lowest BCUT2D eigenvalue weighted by Gasteiger charge is -2.42. The van der Waals surface area contributed by atoms with Crippen LogP contribution >= 0.6 is 0 Å². The Morgan fingerprint density at radius 2 is 2.19 bits per heavy atom. The quantitative estimate of drug-likeness (QED) is 0.777. The van der Waals surface area contributed by atoms with Crippen molar-refractivity contribution >= 4 is 0 Å². The summed E-state index contributed by atoms with van der Waals surface area (Å²) in [6.45, 7) is 15.3. The van der Waals surface area contributed by atoms with Crippen molar-refractivity contribution in [2.24, 2.45) is 0 Å². The number of hydrogen-bond donors (Lipinski definition) is 1. The lowest BCUT2D eigenvalue weighted by molar-refractivity contribution is -0.129. The van der Waals surface area contributed by atoms with Gasteiger partial charge in [0.2, 0.25) is 0 Å². The first-order valence-electron chi connectivity index (χ1n) is 6.56. The van der Waals surface area contributed by atoms with E-state index >= 15 is 0 Å². The fourth-order valence-electron chi connectivity index (χ4n) is 2.57. The first kappa shape index (κ1) is 13.9. The van der Waals surface area contributed by atoms with Gasteiger partial charge in [-0.15, -0.1) is 0 Å². The van der Waals surface area contributed by atoms with E-state index in [4.69, 9.17) is 4.74 Å². The minimum atomic E-state index is 0.00213. The largest absolute Gasteiger partial charge is 0.370 e. The second-order valence-corrected chi connectivity index (χ2v) is 5.74. The summed E-state index contributed by atoms with van der Waals surface area (Å²) in [5, 5.41) is 3.54. The molecule has 2 unspecified atom stereocenters. The number of morpholine rings is 1. The molecule has 0 aliphatic carbocycles. The van der Waals surface area contributed by atoms with Gasteiger partial charge >= 0.3 is 0 Å². The molecule has 1 aliphatic heterocycles. The average Bonchev–Trinajstić information content (AvgIpc) is 2.11. The predicted molar refractivity (Wildman–Crippen MR) is 68.8 cm³/mol. The number of rotatable bonds is 5. The van der Waals surface area contributed by atoms with Gasteiger partial charge in [-0.3, -0.25) is 4.90 Å². The van der Waals surface area contributed by atoms with Crippen LogP contribution in [-0.4, -0.2) is 48.8 Å². The molecule has 0 aromatic rings. The van der Waals surface area contributed by atoms with E-state index in [9.17, 15) is 0 Å². The lowest BCUT2D eigenvalue weighted by Crippen LogP contribution is -2.54. The van der Waals surface area contributed by atoms with E-state index in [0.29, 0.717) is 12.1 Å². The van der Waals surface area contributed by atoms with Crippen LogP contribution in [0, 0.1) is 0 Å². The summed E-state index contributed by atoms with van der Waals surface area (Å²) in [6, 6.07) is 0.570. The maximum atomic E-state index is 5.90. The van der Waals surface area contributed by atoms with Gasteiger partial charge in [-0.1, -0.05) is 6.92 Å². The van der Waals surface area contributed by atoms with Gasteiger partial charge in [-0.25, -0.2) is 0 Å². The molecule has 1 N–H and O–H groups in total. The van der Waals surface area contributed by atoms with Gasteiger partial charge in [-0.05, 0) is 40.7 Å². The maximum absolute atomic E-state index is 5.90. The third-order valence-corrected chi connectivity index (χ3v) is 2.91. The highest BCUT2D eigenvalue weighted by Gasteiger charge is 2.31. The summed E-state index contributed by atoms with van der Waals surface area (Å²) in [4.78, 5) is 2.52. The lowest BCUT2D eigenvalue weighted by atomic mass is 10.1. The Labute approximate surface area is 101 Å². The number of nitrogens with one attached hydrogen (secondary N) is 1. The fourth-order valence-corrected chi connectivity index (χ4v) is 2.57. The summed E-state index contributed by atoms with van der Waals surface area (Å²) in [5.41, 5.74) is 0.00213. The SMILES string of the molecule is CCCNC(C)CN1CC(C)OC(C)(C)C1. The molecule has 1 fully saturated rings. The van der Waals surface area contributed by atoms with Gasteiger partial charge in [0.15, 0.2) is 0 Å². The fraction of sp³-hybridized carbons (Fsp3) is 1.00. The molecule has 0 spiro atoms. The third kappa shape index (κ3) is 4.81. The summed E-state index contributed by atoms with van der Waals surface area (Å²) in [7, 11) is 0. The second-order valence-electron chi connectivity index (χ2n) is 5.74. The highest BCUT2D eigenvalue weighted by atomic mass is 16.5. The number of ether oxygens (including phenoxy) is 1. The Bertz CT molecular complexity index is 206. The summed E-state index contributed by atoms with van der Waals surface area (Å²) in [6.07, 6.45) is 1.55. The van der Waals surface area contributed by atoms with Gasteiger partial charge in [0.05, 0.1) is 11.7 Å². The molecule has 0 bridgehead atoms. The van der Waals surface area contributed by atoms with Crippen molar-refractivity contribution in [3.05, 3.63) is 0 Å². The maximum Gasteiger partial charge on any atom is 0.0757 e. The van der Waals surface area contributed by atoms with Gasteiger partial charge in [0.1, 0.15) is 0 Å². The molecule has 1 heterocycles. The first-order chi connectivity index (χ1) is 7.43. The molecule has 3 heteroatoms. The average molecular weight is 228 g/mol. The zero-order valence-electron chi connectivity index (χ0n) is 11.5. The van der Waals surface area contributed by atoms with Crippen molar-refractivity contribution in [3.8, 4) is 0 Å². The van der Waals surface area contributed by atoms with Crippen LogP contribution in [0.15, 0.2) is 0 Å². The highest BCUT2D eigenvalue weighted by Crippen LogP contribution is 2.20. The van der Waals surface area contributed by atoms with Crippen LogP contribution in [0.2, 0.25) is 0 Å². The standard InChI is InChI=1S/C13H28N2O/c1-6-7-14-11(2)8-15-9-12(3)16-13(4,5)10-15/h11-12,14H,6-10H2,1-5H3. The molecule has 16 heavy (non-hydrogen) atoms. The van der Waals surface area contributed by atoms with E-state index in [-0.39, 0.29) is 5.60 Å². The van der Waals surface area contributed by atoms with E-state index in [2.05, 4.69) is 44.8 Å². The van der Waals surface area contributed by atoms with Crippen LogP contribution in [-0.2, 0) is 4.74 Å². The monoisotopic (exact) mass is 228 g/mol. The Balaban J connectivity index is 2.35. The smallest absolute Gasteiger partial charge is 0.0757 e. The number of nitrogens with zero attached hydrogens (tertiary/aromatic N) is 1. The van der Waals surface area contributed by atoms with Crippen molar-refractivity contribution in [2.45, 2.75) is 58.8 Å². The molecule has 2 atom stereocenters. The number of hydrogen-bond acceptors (Lipinski definition) is 3. The van der Waals surface area contributed by atoms with Crippen LogP contribution in [0.3, 0.4) is 0 Å². The predicted octanol–water partition coefficient (Wildman–Crippen LogP) is 1.87. The Kier molecular flexibility index (Phi) is 5.22. The summed E-state index contributed by atoms with van der Waals surface area (Å²) < 4.78 is 5.90. The van der Waals surface area contributed by atoms with E-state index in [1.165, 1.54) is 6.42 Å². The van der Waals surface area contributed by atoms with E-state index < -0.39 is 0 Å². The highest BCUT2D eigenvalue weighted by molar-refractivity contribution is 4.84. The van der Waals surface area contributed by atoms with Crippen molar-refractivity contribution in [3.63, 3.8) is 0 Å². The van der Waals surface area contributed by atoms with Gasteiger partial charge in [0.25, 0.3) is 0 Å². The molecule has 0 saturated carbocycles. The molecule has 3 nitrogen and oxygen atoms in total. The first-order valence-corrected chi connectivity index (χ1v) is 6.56. The van der Waals surface area contributed by atoms with Crippen LogP contribution in [0.25, 0.3) is 0 Å². The van der Waals surface area contributed by atoms with Crippen molar-refractivity contribution in [1.82, 2.24) is 10.2 Å². The van der Waals surface area contributed by atoms with E-state index in [1.54, 1.807) is 0 Å². The van der Waals surface area contributed by atoms with Crippen LogP contribution in [0.4, 0.5) is 0 Å². The van der Waals surface area contributed by atoms with Crippen LogP contribution in [0.5, 0.6) is 0 Å². The van der Waals surface area contributed by atoms with E-state index in [1.807, 2.05) is 0 Å². The molecule has 0 aromatic heterocycles. The molecule has 0 amide bonds. The topological polar surface area (TPSA) is 24.5 Å². The second kappa shape index (κ2) is 5.99.